The van der Waals surface area contributed by atoms with E-state index in [2.05, 4.69) is 4.98 Å². The molecule has 1 heterocycles. The fourth-order valence-corrected chi connectivity index (χ4v) is 1.15. The highest BCUT2D eigenvalue weighted by Gasteiger charge is 2.30. The van der Waals surface area contributed by atoms with Gasteiger partial charge >= 0.3 is 0 Å². The first kappa shape index (κ1) is 11.8. The molecule has 1 atom stereocenters. The molecule has 1 aromatic rings. The average Bonchev–Trinajstić information content (AvgIpc) is 2.18. The molecule has 0 aromatic carbocycles. The zero-order chi connectivity index (χ0) is 11.5. The maximum Gasteiger partial charge on any atom is 0.256 e. The third-order valence-corrected chi connectivity index (χ3v) is 2.09. The van der Waals surface area contributed by atoms with Crippen LogP contribution in [0.4, 0.5) is 8.78 Å². The van der Waals surface area contributed by atoms with Crippen molar-refractivity contribution in [3.63, 3.8) is 0 Å². The number of hydrogen-bond donors (Lipinski definition) is 1. The van der Waals surface area contributed by atoms with Gasteiger partial charge in [0.25, 0.3) is 6.43 Å². The van der Waals surface area contributed by atoms with Gasteiger partial charge in [0.1, 0.15) is 0 Å². The summed E-state index contributed by atoms with van der Waals surface area (Å²) in [6, 6.07) is 3.30. The molecule has 0 radical (unpaired) electrons. The summed E-state index contributed by atoms with van der Waals surface area (Å²) in [5.74, 6) is 0.453. The first-order valence-corrected chi connectivity index (χ1v) is 4.51. The van der Waals surface area contributed by atoms with Crippen LogP contribution in [0.3, 0.4) is 0 Å². The second-order valence-corrected chi connectivity index (χ2v) is 3.69. The number of nitrogens with zero attached hydrogens (tertiary/aromatic N) is 1. The molecule has 5 heteroatoms. The summed E-state index contributed by atoms with van der Waals surface area (Å²) in [6.07, 6.45) is -0.979. The lowest BCUT2D eigenvalue weighted by molar-refractivity contribution is 0.0639. The van der Waals surface area contributed by atoms with Crippen LogP contribution in [0.5, 0.6) is 5.88 Å². The van der Waals surface area contributed by atoms with Gasteiger partial charge in [-0.15, -0.1) is 0 Å². The first-order valence-electron chi connectivity index (χ1n) is 4.51. The Morgan fingerprint density at radius 2 is 2.20 bits per heavy atom. The lowest BCUT2D eigenvalue weighted by Gasteiger charge is -2.23. The Morgan fingerprint density at radius 1 is 1.53 bits per heavy atom. The summed E-state index contributed by atoms with van der Waals surface area (Å²) < 4.78 is 29.8. The van der Waals surface area contributed by atoms with E-state index in [0.717, 1.165) is 0 Å². The van der Waals surface area contributed by atoms with E-state index in [9.17, 15) is 8.78 Å². The summed E-state index contributed by atoms with van der Waals surface area (Å²) in [5.41, 5.74) is 4.60. The first-order chi connectivity index (χ1) is 6.95. The van der Waals surface area contributed by atoms with E-state index in [1.807, 2.05) is 0 Å². The molecule has 1 rings (SSSR count). The van der Waals surface area contributed by atoms with Crippen molar-refractivity contribution >= 4 is 0 Å². The molecule has 0 saturated heterocycles. The predicted molar refractivity (Wildman–Crippen MR) is 53.1 cm³/mol. The second-order valence-electron chi connectivity index (χ2n) is 3.69. The zero-order valence-electron chi connectivity index (χ0n) is 8.71. The predicted octanol–water partition coefficient (Wildman–Crippen LogP) is 1.62. The van der Waals surface area contributed by atoms with Gasteiger partial charge in [0, 0.05) is 12.3 Å². The lowest BCUT2D eigenvalue weighted by atomic mass is 9.95. The number of pyridine rings is 1. The Morgan fingerprint density at radius 3 is 2.60 bits per heavy atom. The molecular weight excluding hydrogens is 202 g/mol. The third-order valence-electron chi connectivity index (χ3n) is 2.09. The number of hydrogen-bond acceptors (Lipinski definition) is 3. The van der Waals surface area contributed by atoms with Crippen LogP contribution in [0.2, 0.25) is 0 Å². The Balaban J connectivity index is 2.73. The Kier molecular flexibility index (Phi) is 3.57. The highest BCUT2D eigenvalue weighted by molar-refractivity contribution is 5.19. The van der Waals surface area contributed by atoms with Crippen LogP contribution in [-0.4, -0.2) is 24.1 Å². The van der Waals surface area contributed by atoms with Gasteiger partial charge < -0.3 is 10.5 Å². The van der Waals surface area contributed by atoms with Gasteiger partial charge in [-0.25, -0.2) is 13.8 Å². The van der Waals surface area contributed by atoms with Crippen molar-refractivity contribution in [2.45, 2.75) is 25.3 Å². The van der Waals surface area contributed by atoms with E-state index in [1.165, 1.54) is 20.2 Å². The summed E-state index contributed by atoms with van der Waals surface area (Å²) in [4.78, 5) is 3.92. The molecule has 1 aromatic heterocycles. The molecule has 0 aliphatic carbocycles. The third kappa shape index (κ3) is 3.13. The Bertz CT molecular complexity index is 312. The van der Waals surface area contributed by atoms with Crippen LogP contribution >= 0.6 is 0 Å². The molecule has 0 bridgehead atoms. The van der Waals surface area contributed by atoms with Crippen molar-refractivity contribution < 1.29 is 13.5 Å². The summed E-state index contributed by atoms with van der Waals surface area (Å²) in [5, 5.41) is 0. The van der Waals surface area contributed by atoms with Crippen LogP contribution < -0.4 is 10.5 Å². The molecule has 0 fully saturated rings. The quantitative estimate of drug-likeness (QED) is 0.831. The summed E-state index contributed by atoms with van der Waals surface area (Å²) in [6.45, 7) is 1.32. The zero-order valence-corrected chi connectivity index (χ0v) is 8.71. The maximum absolute atomic E-state index is 12.5. The molecule has 0 aliphatic rings. The van der Waals surface area contributed by atoms with Crippen molar-refractivity contribution in [2.24, 2.45) is 5.73 Å². The largest absolute Gasteiger partial charge is 0.481 e. The van der Waals surface area contributed by atoms with E-state index in [1.54, 1.807) is 12.1 Å². The van der Waals surface area contributed by atoms with Crippen LogP contribution in [0.1, 0.15) is 12.5 Å². The molecule has 3 nitrogen and oxygen atoms in total. The van der Waals surface area contributed by atoms with Crippen LogP contribution in [0.25, 0.3) is 0 Å². The number of nitrogens with two attached hydrogens (primary N) is 1. The number of aromatic nitrogens is 1. The summed E-state index contributed by atoms with van der Waals surface area (Å²) >= 11 is 0. The second kappa shape index (κ2) is 4.53. The van der Waals surface area contributed by atoms with Gasteiger partial charge in [-0.2, -0.15) is 0 Å². The number of methoxy groups -OCH3 is 1. The molecular formula is C10H14F2N2O. The minimum atomic E-state index is -2.56. The van der Waals surface area contributed by atoms with Crippen molar-refractivity contribution in [1.29, 1.82) is 0 Å². The van der Waals surface area contributed by atoms with Crippen LogP contribution in [0.15, 0.2) is 18.3 Å². The van der Waals surface area contributed by atoms with E-state index < -0.39 is 12.0 Å². The molecule has 0 spiro atoms. The number of rotatable bonds is 4. The highest BCUT2D eigenvalue weighted by atomic mass is 19.3. The lowest BCUT2D eigenvalue weighted by Crippen LogP contribution is -2.45. The fourth-order valence-electron chi connectivity index (χ4n) is 1.15. The molecule has 0 saturated carbocycles. The van der Waals surface area contributed by atoms with E-state index in [-0.39, 0.29) is 6.42 Å². The Hall–Kier alpha value is -1.23. The summed E-state index contributed by atoms with van der Waals surface area (Å²) in [7, 11) is 1.49. The normalized spacial score (nSPS) is 15.1. The fraction of sp³-hybridized carbons (Fsp3) is 0.500. The molecule has 0 aliphatic heterocycles. The topological polar surface area (TPSA) is 48.1 Å². The van der Waals surface area contributed by atoms with Gasteiger partial charge in [-0.1, -0.05) is 6.07 Å². The van der Waals surface area contributed by atoms with Gasteiger partial charge in [-0.05, 0) is 18.9 Å². The molecule has 15 heavy (non-hydrogen) atoms. The van der Waals surface area contributed by atoms with Gasteiger partial charge in [0.15, 0.2) is 0 Å². The van der Waals surface area contributed by atoms with Gasteiger partial charge in [-0.3, -0.25) is 0 Å². The SMILES string of the molecule is COc1ccc(CC(C)(N)C(F)F)cn1. The van der Waals surface area contributed by atoms with Crippen molar-refractivity contribution in [3.8, 4) is 5.88 Å². The smallest absolute Gasteiger partial charge is 0.256 e. The van der Waals surface area contributed by atoms with Gasteiger partial charge in [0.2, 0.25) is 5.88 Å². The van der Waals surface area contributed by atoms with Crippen LogP contribution in [-0.2, 0) is 6.42 Å². The van der Waals surface area contributed by atoms with Crippen LogP contribution in [0, 0.1) is 0 Å². The molecule has 2 N–H and O–H groups in total. The molecule has 0 amide bonds. The molecule has 1 unspecified atom stereocenters. The average molecular weight is 216 g/mol. The minimum absolute atomic E-state index is 0.0850. The number of halogens is 2. The molecule has 84 valence electrons. The van der Waals surface area contributed by atoms with Crippen molar-refractivity contribution in [2.75, 3.05) is 7.11 Å². The minimum Gasteiger partial charge on any atom is -0.481 e. The monoisotopic (exact) mass is 216 g/mol. The standard InChI is InChI=1S/C10H14F2N2O/c1-10(13,9(11)12)5-7-3-4-8(15-2)14-6-7/h3-4,6,9H,5,13H2,1-2H3. The highest BCUT2D eigenvalue weighted by Crippen LogP contribution is 2.18. The maximum atomic E-state index is 12.5. The van der Waals surface area contributed by atoms with Crippen molar-refractivity contribution in [3.05, 3.63) is 23.9 Å². The van der Waals surface area contributed by atoms with E-state index in [0.29, 0.717) is 11.4 Å². The van der Waals surface area contributed by atoms with Crippen molar-refractivity contribution in [1.82, 2.24) is 4.98 Å². The number of alkyl halides is 2. The van der Waals surface area contributed by atoms with E-state index >= 15 is 0 Å². The van der Waals surface area contributed by atoms with E-state index in [4.69, 9.17) is 10.5 Å². The van der Waals surface area contributed by atoms with Gasteiger partial charge in [0.05, 0.1) is 12.6 Å². The number of ether oxygens (including phenoxy) is 1. The Labute approximate surface area is 87.3 Å².